The summed E-state index contributed by atoms with van der Waals surface area (Å²) < 4.78 is 0. The van der Waals surface area contributed by atoms with Crippen molar-refractivity contribution in [1.82, 2.24) is 24.9 Å². The maximum atomic E-state index is 5.08. The molecule has 0 saturated carbocycles. The van der Waals surface area contributed by atoms with Crippen LogP contribution in [0.4, 0.5) is 0 Å². The molecule has 0 saturated heterocycles. The first-order valence-electron chi connectivity index (χ1n) is 16.4. The zero-order valence-electron chi connectivity index (χ0n) is 26.3. The molecule has 0 N–H and O–H groups in total. The van der Waals surface area contributed by atoms with Crippen LogP contribution in [0.3, 0.4) is 0 Å². The third-order valence-electron chi connectivity index (χ3n) is 9.95. The SMILES string of the molecule is c1cncc(-c2nc(-c3cccnc3)nc(-c3ccc4c(c3)C3(c5ccccc5-c5ccccc5-4)c4ccccc4-c4ccccc43)n2)c1. The number of fused-ring (bicyclic) bond motifs is 12. The normalized spacial score (nSPS) is 13.1. The van der Waals surface area contributed by atoms with Gasteiger partial charge in [-0.2, -0.15) is 0 Å². The van der Waals surface area contributed by atoms with Gasteiger partial charge in [-0.3, -0.25) is 9.97 Å². The predicted molar refractivity (Wildman–Crippen MR) is 193 cm³/mol. The molecular weight excluding hydrogens is 599 g/mol. The van der Waals surface area contributed by atoms with Crippen LogP contribution in [0.1, 0.15) is 22.3 Å². The van der Waals surface area contributed by atoms with Crippen molar-refractivity contribution in [2.24, 2.45) is 0 Å². The summed E-state index contributed by atoms with van der Waals surface area (Å²) in [5.41, 5.74) is 14.4. The highest BCUT2D eigenvalue weighted by molar-refractivity contribution is 5.97. The van der Waals surface area contributed by atoms with Crippen LogP contribution in [-0.4, -0.2) is 24.9 Å². The Kier molecular flexibility index (Phi) is 6.02. The Morgan fingerprint density at radius 3 is 1.20 bits per heavy atom. The predicted octanol–water partition coefficient (Wildman–Crippen LogP) is 9.67. The Labute approximate surface area is 283 Å². The molecule has 3 aromatic heterocycles. The third kappa shape index (κ3) is 4.02. The maximum absolute atomic E-state index is 5.08. The van der Waals surface area contributed by atoms with Crippen molar-refractivity contribution in [3.05, 3.63) is 187 Å². The van der Waals surface area contributed by atoms with Gasteiger partial charge in [0.2, 0.25) is 0 Å². The van der Waals surface area contributed by atoms with Gasteiger partial charge in [-0.05, 0) is 86.0 Å². The van der Waals surface area contributed by atoms with Crippen molar-refractivity contribution in [2.45, 2.75) is 5.41 Å². The lowest BCUT2D eigenvalue weighted by Gasteiger charge is -2.35. The Bertz CT molecular complexity index is 2460. The average molecular weight is 626 g/mol. The Hall–Kier alpha value is -6.59. The minimum Gasteiger partial charge on any atom is -0.264 e. The summed E-state index contributed by atoms with van der Waals surface area (Å²) in [7, 11) is 0. The van der Waals surface area contributed by atoms with Crippen molar-refractivity contribution in [3.63, 3.8) is 0 Å². The zero-order chi connectivity index (χ0) is 32.4. The number of rotatable bonds is 3. The van der Waals surface area contributed by atoms with Crippen LogP contribution in [0, 0.1) is 0 Å². The lowest BCUT2D eigenvalue weighted by molar-refractivity contribution is 0.775. The van der Waals surface area contributed by atoms with E-state index in [-0.39, 0.29) is 0 Å². The van der Waals surface area contributed by atoms with Gasteiger partial charge in [-0.1, -0.05) is 109 Å². The molecule has 1 spiro atoms. The molecule has 5 aromatic carbocycles. The molecule has 0 fully saturated rings. The number of nitrogens with zero attached hydrogens (tertiary/aromatic N) is 5. The van der Waals surface area contributed by atoms with E-state index in [1.54, 1.807) is 24.8 Å². The van der Waals surface area contributed by atoms with E-state index in [1.165, 1.54) is 55.6 Å². The molecule has 49 heavy (non-hydrogen) atoms. The standard InChI is InChI=1S/C44H27N5/c1-2-14-32-31(13-1)33-15-3-6-18-37(33)44(38-19-7-4-16-34(38)35-17-5-8-20-39(35)44)40-25-28(21-22-36(32)40)41-47-42(29-11-9-23-45-26-29)49-43(48-41)30-12-10-24-46-27-30/h1-27H. The van der Waals surface area contributed by atoms with Crippen molar-refractivity contribution in [1.29, 1.82) is 0 Å². The lowest BCUT2D eigenvalue weighted by Crippen LogP contribution is -2.29. The zero-order valence-corrected chi connectivity index (χ0v) is 26.3. The fourth-order valence-electron chi connectivity index (χ4n) is 7.94. The highest BCUT2D eigenvalue weighted by Gasteiger charge is 2.49. The van der Waals surface area contributed by atoms with Gasteiger partial charge in [0.25, 0.3) is 0 Å². The number of benzene rings is 5. The average Bonchev–Trinajstić information content (AvgIpc) is 3.43. The van der Waals surface area contributed by atoms with E-state index in [1.807, 2.05) is 24.3 Å². The molecule has 3 heterocycles. The molecule has 10 rings (SSSR count). The van der Waals surface area contributed by atoms with E-state index < -0.39 is 5.41 Å². The molecule has 5 heteroatoms. The molecule has 0 unspecified atom stereocenters. The number of hydrogen-bond acceptors (Lipinski definition) is 5. The summed E-state index contributed by atoms with van der Waals surface area (Å²) in [6.45, 7) is 0. The molecular formula is C44H27N5. The molecule has 0 atom stereocenters. The molecule has 8 aromatic rings. The van der Waals surface area contributed by atoms with Crippen LogP contribution >= 0.6 is 0 Å². The minimum absolute atomic E-state index is 0.564. The molecule has 2 aliphatic carbocycles. The lowest BCUT2D eigenvalue weighted by atomic mass is 9.65. The molecule has 5 nitrogen and oxygen atoms in total. The van der Waals surface area contributed by atoms with Gasteiger partial charge < -0.3 is 0 Å². The van der Waals surface area contributed by atoms with Crippen LogP contribution in [-0.2, 0) is 5.41 Å². The van der Waals surface area contributed by atoms with E-state index in [4.69, 9.17) is 15.0 Å². The van der Waals surface area contributed by atoms with Crippen molar-refractivity contribution >= 4 is 0 Å². The Morgan fingerprint density at radius 1 is 0.327 bits per heavy atom. The molecule has 0 aliphatic heterocycles. The second kappa shape index (κ2) is 10.7. The first-order chi connectivity index (χ1) is 24.3. The van der Waals surface area contributed by atoms with E-state index in [0.717, 1.165) is 16.7 Å². The number of hydrogen-bond donors (Lipinski definition) is 0. The molecule has 0 radical (unpaired) electrons. The summed E-state index contributed by atoms with van der Waals surface area (Å²) in [5.74, 6) is 1.72. The smallest absolute Gasteiger partial charge is 0.165 e. The van der Waals surface area contributed by atoms with Crippen LogP contribution in [0.5, 0.6) is 0 Å². The second-order valence-corrected chi connectivity index (χ2v) is 12.5. The van der Waals surface area contributed by atoms with Gasteiger partial charge in [0, 0.05) is 41.5 Å². The summed E-state index contributed by atoms with van der Waals surface area (Å²) in [6, 6.07) is 50.0. The summed E-state index contributed by atoms with van der Waals surface area (Å²) in [5, 5.41) is 0. The fraction of sp³-hybridized carbons (Fsp3) is 0.0227. The van der Waals surface area contributed by atoms with Crippen molar-refractivity contribution in [3.8, 4) is 67.5 Å². The summed E-state index contributed by atoms with van der Waals surface area (Å²) in [4.78, 5) is 23.8. The Morgan fingerprint density at radius 2 is 0.735 bits per heavy atom. The first-order valence-corrected chi connectivity index (χ1v) is 16.4. The summed E-state index contributed by atoms with van der Waals surface area (Å²) >= 11 is 0. The first kappa shape index (κ1) is 27.5. The van der Waals surface area contributed by atoms with Gasteiger partial charge >= 0.3 is 0 Å². The van der Waals surface area contributed by atoms with Crippen molar-refractivity contribution in [2.75, 3.05) is 0 Å². The van der Waals surface area contributed by atoms with Crippen LogP contribution in [0.2, 0.25) is 0 Å². The van der Waals surface area contributed by atoms with Gasteiger partial charge in [0.15, 0.2) is 17.5 Å². The second-order valence-electron chi connectivity index (χ2n) is 12.5. The van der Waals surface area contributed by atoms with Gasteiger partial charge in [-0.25, -0.2) is 15.0 Å². The van der Waals surface area contributed by atoms with E-state index in [9.17, 15) is 0 Å². The van der Waals surface area contributed by atoms with Gasteiger partial charge in [-0.15, -0.1) is 0 Å². The maximum Gasteiger partial charge on any atom is 0.165 e. The third-order valence-corrected chi connectivity index (χ3v) is 9.95. The van der Waals surface area contributed by atoms with Gasteiger partial charge in [0.05, 0.1) is 5.41 Å². The molecule has 2 aliphatic rings. The highest BCUT2D eigenvalue weighted by Crippen LogP contribution is 2.61. The van der Waals surface area contributed by atoms with Crippen LogP contribution in [0.15, 0.2) is 164 Å². The topological polar surface area (TPSA) is 64.5 Å². The molecule has 0 bridgehead atoms. The van der Waals surface area contributed by atoms with Crippen LogP contribution < -0.4 is 0 Å². The van der Waals surface area contributed by atoms with E-state index >= 15 is 0 Å². The molecule has 228 valence electrons. The van der Waals surface area contributed by atoms with Crippen molar-refractivity contribution < 1.29 is 0 Å². The number of pyridine rings is 2. The van der Waals surface area contributed by atoms with Crippen LogP contribution in [0.25, 0.3) is 67.5 Å². The van der Waals surface area contributed by atoms with Gasteiger partial charge in [0.1, 0.15) is 0 Å². The van der Waals surface area contributed by atoms with E-state index in [0.29, 0.717) is 17.5 Å². The molecule has 0 amide bonds. The summed E-state index contributed by atoms with van der Waals surface area (Å²) in [6.07, 6.45) is 7.09. The van der Waals surface area contributed by atoms with E-state index in [2.05, 4.69) is 125 Å². The minimum atomic E-state index is -0.584. The Balaban J connectivity index is 1.32. The highest BCUT2D eigenvalue weighted by atomic mass is 15.0. The quantitative estimate of drug-likeness (QED) is 0.196. The number of aromatic nitrogens is 5. The monoisotopic (exact) mass is 625 g/mol. The largest absolute Gasteiger partial charge is 0.264 e. The fourth-order valence-corrected chi connectivity index (χ4v) is 7.94.